The van der Waals surface area contributed by atoms with Crippen LogP contribution in [0.15, 0.2) is 30.3 Å². The summed E-state index contributed by atoms with van der Waals surface area (Å²) in [6, 6.07) is 10.4. The SMILES string of the molecule is CO[Si](C)(OC)C(C)(C)c1ccccc1. The first-order chi connectivity index (χ1) is 6.98. The summed E-state index contributed by atoms with van der Waals surface area (Å²) in [5, 5.41) is -0.0578. The smallest absolute Gasteiger partial charge is 0.344 e. The quantitative estimate of drug-likeness (QED) is 0.732. The maximum absolute atomic E-state index is 5.62. The molecule has 2 nitrogen and oxygen atoms in total. The fourth-order valence-electron chi connectivity index (χ4n) is 1.71. The van der Waals surface area contributed by atoms with Gasteiger partial charge in [-0.05, 0) is 12.1 Å². The van der Waals surface area contributed by atoms with Gasteiger partial charge in [-0.1, -0.05) is 44.2 Å². The molecule has 1 rings (SSSR count). The minimum atomic E-state index is -2.17. The molecule has 0 aliphatic heterocycles. The van der Waals surface area contributed by atoms with Gasteiger partial charge in [-0.3, -0.25) is 0 Å². The van der Waals surface area contributed by atoms with Gasteiger partial charge in [0, 0.05) is 19.3 Å². The standard InChI is InChI=1S/C12H20O2Si/c1-12(2,15(5,13-3)14-4)11-9-7-6-8-10-11/h6-10H,1-5H3. The number of rotatable bonds is 4. The molecule has 0 aromatic heterocycles. The van der Waals surface area contributed by atoms with E-state index >= 15 is 0 Å². The van der Waals surface area contributed by atoms with Crippen molar-refractivity contribution in [1.82, 2.24) is 0 Å². The molecule has 3 heteroatoms. The van der Waals surface area contributed by atoms with E-state index in [9.17, 15) is 0 Å². The molecular formula is C12H20O2Si. The average molecular weight is 224 g/mol. The van der Waals surface area contributed by atoms with Crippen LogP contribution in [-0.4, -0.2) is 22.8 Å². The second-order valence-corrected chi connectivity index (χ2v) is 8.30. The Hall–Kier alpha value is -0.643. The van der Waals surface area contributed by atoms with Gasteiger partial charge in [0.25, 0.3) is 0 Å². The highest BCUT2D eigenvalue weighted by atomic mass is 28.4. The fraction of sp³-hybridized carbons (Fsp3) is 0.500. The van der Waals surface area contributed by atoms with Crippen LogP contribution >= 0.6 is 0 Å². The highest BCUT2D eigenvalue weighted by Crippen LogP contribution is 2.34. The molecule has 0 atom stereocenters. The van der Waals surface area contributed by atoms with Gasteiger partial charge in [-0.25, -0.2) is 0 Å². The molecule has 0 bridgehead atoms. The minimum absolute atomic E-state index is 0.0578. The van der Waals surface area contributed by atoms with Crippen LogP contribution in [0.1, 0.15) is 19.4 Å². The normalized spacial score (nSPS) is 12.9. The van der Waals surface area contributed by atoms with Crippen molar-refractivity contribution in [1.29, 1.82) is 0 Å². The lowest BCUT2D eigenvalue weighted by Crippen LogP contribution is -2.54. The molecule has 0 amide bonds. The zero-order valence-electron chi connectivity index (χ0n) is 10.2. The van der Waals surface area contributed by atoms with Gasteiger partial charge in [0.15, 0.2) is 0 Å². The molecule has 0 radical (unpaired) electrons. The van der Waals surface area contributed by atoms with Crippen molar-refractivity contribution in [2.45, 2.75) is 25.4 Å². The highest BCUT2D eigenvalue weighted by Gasteiger charge is 2.47. The van der Waals surface area contributed by atoms with Crippen molar-refractivity contribution >= 4 is 8.56 Å². The van der Waals surface area contributed by atoms with E-state index in [-0.39, 0.29) is 5.04 Å². The molecule has 0 saturated heterocycles. The molecule has 0 unspecified atom stereocenters. The van der Waals surface area contributed by atoms with Crippen molar-refractivity contribution < 1.29 is 8.85 Å². The van der Waals surface area contributed by atoms with Gasteiger partial charge in [-0.15, -0.1) is 0 Å². The summed E-state index contributed by atoms with van der Waals surface area (Å²) in [4.78, 5) is 0. The molecule has 0 fully saturated rings. The van der Waals surface area contributed by atoms with Crippen molar-refractivity contribution in [2.24, 2.45) is 0 Å². The van der Waals surface area contributed by atoms with E-state index in [1.54, 1.807) is 14.2 Å². The lowest BCUT2D eigenvalue weighted by Gasteiger charge is -2.39. The van der Waals surface area contributed by atoms with E-state index in [1.165, 1.54) is 5.56 Å². The third kappa shape index (κ3) is 2.14. The molecule has 0 spiro atoms. The van der Waals surface area contributed by atoms with Gasteiger partial charge < -0.3 is 8.85 Å². The van der Waals surface area contributed by atoms with Crippen molar-refractivity contribution in [2.75, 3.05) is 14.2 Å². The van der Waals surface area contributed by atoms with E-state index in [2.05, 4.69) is 44.7 Å². The first-order valence-corrected chi connectivity index (χ1v) is 7.45. The van der Waals surface area contributed by atoms with E-state index in [4.69, 9.17) is 8.85 Å². The number of hydrogen-bond donors (Lipinski definition) is 0. The third-order valence-corrected chi connectivity index (χ3v) is 7.53. The Morgan fingerprint density at radius 2 is 1.47 bits per heavy atom. The van der Waals surface area contributed by atoms with E-state index in [0.29, 0.717) is 0 Å². The van der Waals surface area contributed by atoms with Crippen LogP contribution in [0.3, 0.4) is 0 Å². The van der Waals surface area contributed by atoms with Crippen LogP contribution in [0, 0.1) is 0 Å². The highest BCUT2D eigenvalue weighted by molar-refractivity contribution is 6.69. The molecule has 0 N–H and O–H groups in total. The van der Waals surface area contributed by atoms with Gasteiger partial charge >= 0.3 is 8.56 Å². The molecule has 1 aromatic carbocycles. The summed E-state index contributed by atoms with van der Waals surface area (Å²) < 4.78 is 11.2. The predicted molar refractivity (Wildman–Crippen MR) is 65.1 cm³/mol. The summed E-state index contributed by atoms with van der Waals surface area (Å²) >= 11 is 0. The minimum Gasteiger partial charge on any atom is -0.397 e. The maximum atomic E-state index is 5.62. The Morgan fingerprint density at radius 1 is 1.00 bits per heavy atom. The maximum Gasteiger partial charge on any atom is 0.344 e. The Bertz CT molecular complexity index is 305. The number of benzene rings is 1. The van der Waals surface area contributed by atoms with Crippen LogP contribution in [-0.2, 0) is 13.9 Å². The third-order valence-electron chi connectivity index (χ3n) is 3.41. The molecular weight excluding hydrogens is 204 g/mol. The topological polar surface area (TPSA) is 18.5 Å². The van der Waals surface area contributed by atoms with E-state index in [0.717, 1.165) is 0 Å². The molecule has 84 valence electrons. The summed E-state index contributed by atoms with van der Waals surface area (Å²) in [7, 11) is 1.31. The lowest BCUT2D eigenvalue weighted by atomic mass is 10.0. The van der Waals surface area contributed by atoms with Crippen molar-refractivity contribution in [3.05, 3.63) is 35.9 Å². The van der Waals surface area contributed by atoms with E-state index in [1.807, 2.05) is 6.07 Å². The summed E-state index contributed by atoms with van der Waals surface area (Å²) in [6.45, 7) is 6.46. The second-order valence-electron chi connectivity index (χ2n) is 4.34. The Kier molecular flexibility index (Phi) is 3.70. The second kappa shape index (κ2) is 4.47. The monoisotopic (exact) mass is 224 g/mol. The lowest BCUT2D eigenvalue weighted by molar-refractivity contribution is 0.220. The van der Waals surface area contributed by atoms with Crippen LogP contribution < -0.4 is 0 Å². The van der Waals surface area contributed by atoms with Gasteiger partial charge in [-0.2, -0.15) is 0 Å². The summed E-state index contributed by atoms with van der Waals surface area (Å²) in [6.07, 6.45) is 0. The van der Waals surface area contributed by atoms with Crippen LogP contribution in [0.2, 0.25) is 6.55 Å². The van der Waals surface area contributed by atoms with Gasteiger partial charge in [0.2, 0.25) is 0 Å². The van der Waals surface area contributed by atoms with Gasteiger partial charge in [0.1, 0.15) is 0 Å². The van der Waals surface area contributed by atoms with Crippen molar-refractivity contribution in [3.63, 3.8) is 0 Å². The average Bonchev–Trinajstić information content (AvgIpc) is 2.29. The molecule has 15 heavy (non-hydrogen) atoms. The predicted octanol–water partition coefficient (Wildman–Crippen LogP) is 2.87. The Balaban J connectivity index is 3.12. The van der Waals surface area contributed by atoms with Crippen molar-refractivity contribution in [3.8, 4) is 0 Å². The molecule has 1 aromatic rings. The molecule has 0 aliphatic rings. The largest absolute Gasteiger partial charge is 0.397 e. The molecule has 0 aliphatic carbocycles. The first kappa shape index (κ1) is 12.4. The molecule has 0 saturated carbocycles. The fourth-order valence-corrected chi connectivity index (χ4v) is 3.59. The van der Waals surface area contributed by atoms with Gasteiger partial charge in [0.05, 0.1) is 0 Å². The van der Waals surface area contributed by atoms with E-state index < -0.39 is 8.56 Å². The number of hydrogen-bond acceptors (Lipinski definition) is 2. The molecule has 0 heterocycles. The zero-order valence-corrected chi connectivity index (χ0v) is 11.2. The summed E-state index contributed by atoms with van der Waals surface area (Å²) in [5.41, 5.74) is 1.27. The van der Waals surface area contributed by atoms with Crippen LogP contribution in [0.4, 0.5) is 0 Å². The first-order valence-electron chi connectivity index (χ1n) is 5.14. The van der Waals surface area contributed by atoms with Crippen LogP contribution in [0.5, 0.6) is 0 Å². The summed E-state index contributed by atoms with van der Waals surface area (Å²) in [5.74, 6) is 0. The Labute approximate surface area is 93.5 Å². The van der Waals surface area contributed by atoms with Crippen LogP contribution in [0.25, 0.3) is 0 Å². The zero-order chi connectivity index (χ0) is 11.5. The Morgan fingerprint density at radius 3 is 1.87 bits per heavy atom.